The third kappa shape index (κ3) is 4.05. The standard InChI is InChI=1S/C15H24N2OS/c1-2-12(13-7-6-10-19-13)17-14(18)11-15(16)8-4-3-5-9-15/h6-7,10,12H,2-5,8-9,11,16H2,1H3,(H,17,18). The van der Waals surface area contributed by atoms with Crippen molar-refractivity contribution in [3.05, 3.63) is 22.4 Å². The molecule has 0 spiro atoms. The van der Waals surface area contributed by atoms with E-state index in [1.54, 1.807) is 11.3 Å². The minimum absolute atomic E-state index is 0.102. The monoisotopic (exact) mass is 280 g/mol. The largest absolute Gasteiger partial charge is 0.348 e. The molecule has 1 atom stereocenters. The lowest BCUT2D eigenvalue weighted by molar-refractivity contribution is -0.123. The second-order valence-electron chi connectivity index (χ2n) is 5.64. The van der Waals surface area contributed by atoms with Crippen LogP contribution in [0.2, 0.25) is 0 Å². The summed E-state index contributed by atoms with van der Waals surface area (Å²) in [6.07, 6.45) is 6.93. The Labute approximate surface area is 119 Å². The fourth-order valence-electron chi connectivity index (χ4n) is 2.86. The van der Waals surface area contributed by atoms with Crippen molar-refractivity contribution in [1.29, 1.82) is 0 Å². The highest BCUT2D eigenvalue weighted by molar-refractivity contribution is 7.10. The minimum Gasteiger partial charge on any atom is -0.348 e. The van der Waals surface area contributed by atoms with Crippen LogP contribution in [-0.4, -0.2) is 11.4 Å². The molecule has 0 saturated heterocycles. The molecule has 0 aromatic carbocycles. The van der Waals surface area contributed by atoms with Crippen molar-refractivity contribution in [1.82, 2.24) is 5.32 Å². The van der Waals surface area contributed by atoms with Gasteiger partial charge >= 0.3 is 0 Å². The Morgan fingerprint density at radius 3 is 2.79 bits per heavy atom. The van der Waals surface area contributed by atoms with Crippen molar-refractivity contribution in [2.45, 2.75) is 63.5 Å². The number of hydrogen-bond acceptors (Lipinski definition) is 3. The summed E-state index contributed by atoms with van der Waals surface area (Å²) in [6, 6.07) is 4.25. The summed E-state index contributed by atoms with van der Waals surface area (Å²) >= 11 is 1.70. The van der Waals surface area contributed by atoms with Crippen molar-refractivity contribution in [3.63, 3.8) is 0 Å². The van der Waals surface area contributed by atoms with Gasteiger partial charge in [0.1, 0.15) is 0 Å². The molecule has 0 bridgehead atoms. The molecular formula is C15H24N2OS. The van der Waals surface area contributed by atoms with Crippen LogP contribution in [0, 0.1) is 0 Å². The van der Waals surface area contributed by atoms with Crippen molar-refractivity contribution in [2.24, 2.45) is 5.73 Å². The lowest BCUT2D eigenvalue weighted by atomic mass is 9.80. The lowest BCUT2D eigenvalue weighted by Gasteiger charge is -2.33. The maximum Gasteiger partial charge on any atom is 0.222 e. The number of nitrogens with one attached hydrogen (secondary N) is 1. The van der Waals surface area contributed by atoms with Gasteiger partial charge in [-0.15, -0.1) is 11.3 Å². The first-order chi connectivity index (χ1) is 9.13. The highest BCUT2D eigenvalue weighted by atomic mass is 32.1. The van der Waals surface area contributed by atoms with Crippen molar-refractivity contribution in [2.75, 3.05) is 0 Å². The minimum atomic E-state index is -0.268. The van der Waals surface area contributed by atoms with Crippen LogP contribution < -0.4 is 11.1 Å². The Morgan fingerprint density at radius 1 is 1.47 bits per heavy atom. The molecule has 19 heavy (non-hydrogen) atoms. The number of rotatable bonds is 5. The van der Waals surface area contributed by atoms with Gasteiger partial charge in [0, 0.05) is 16.8 Å². The average molecular weight is 280 g/mol. The first-order valence-corrected chi connectivity index (χ1v) is 8.12. The van der Waals surface area contributed by atoms with Crippen LogP contribution in [-0.2, 0) is 4.79 Å². The molecule has 1 aliphatic rings. The molecule has 1 fully saturated rings. The van der Waals surface area contributed by atoms with Crippen LogP contribution in [0.15, 0.2) is 17.5 Å². The van der Waals surface area contributed by atoms with E-state index in [4.69, 9.17) is 5.73 Å². The van der Waals surface area contributed by atoms with Gasteiger partial charge in [-0.1, -0.05) is 32.3 Å². The SMILES string of the molecule is CCC(NC(=O)CC1(N)CCCCC1)c1cccs1. The van der Waals surface area contributed by atoms with Crippen LogP contribution >= 0.6 is 11.3 Å². The Morgan fingerprint density at radius 2 is 2.21 bits per heavy atom. The summed E-state index contributed by atoms with van der Waals surface area (Å²) < 4.78 is 0. The van der Waals surface area contributed by atoms with Gasteiger partial charge in [0.2, 0.25) is 5.91 Å². The molecular weight excluding hydrogens is 256 g/mol. The third-order valence-corrected chi connectivity index (χ3v) is 4.98. The number of hydrogen-bond donors (Lipinski definition) is 2. The van der Waals surface area contributed by atoms with E-state index in [2.05, 4.69) is 23.7 Å². The molecule has 3 nitrogen and oxygen atoms in total. The lowest BCUT2D eigenvalue weighted by Crippen LogP contribution is -2.46. The molecule has 1 saturated carbocycles. The summed E-state index contributed by atoms with van der Waals surface area (Å²) in [5.74, 6) is 0.102. The van der Waals surface area contributed by atoms with E-state index in [9.17, 15) is 4.79 Å². The van der Waals surface area contributed by atoms with Crippen LogP contribution in [0.5, 0.6) is 0 Å². The molecule has 1 unspecified atom stereocenters. The van der Waals surface area contributed by atoms with Gasteiger partial charge in [-0.2, -0.15) is 0 Å². The van der Waals surface area contributed by atoms with E-state index in [0.29, 0.717) is 6.42 Å². The van der Waals surface area contributed by atoms with Crippen LogP contribution in [0.3, 0.4) is 0 Å². The summed E-state index contributed by atoms with van der Waals surface area (Å²) in [4.78, 5) is 13.4. The molecule has 1 amide bonds. The quantitative estimate of drug-likeness (QED) is 0.869. The van der Waals surface area contributed by atoms with Crippen molar-refractivity contribution in [3.8, 4) is 0 Å². The molecule has 2 rings (SSSR count). The summed E-state index contributed by atoms with van der Waals surface area (Å²) in [5.41, 5.74) is 6.07. The Balaban J connectivity index is 1.89. The summed E-state index contributed by atoms with van der Waals surface area (Å²) in [5, 5.41) is 5.18. The summed E-state index contributed by atoms with van der Waals surface area (Å²) in [6.45, 7) is 2.10. The number of thiophene rings is 1. The molecule has 1 aromatic rings. The van der Waals surface area contributed by atoms with E-state index in [0.717, 1.165) is 32.1 Å². The molecule has 1 aliphatic carbocycles. The smallest absolute Gasteiger partial charge is 0.222 e. The van der Waals surface area contributed by atoms with Gasteiger partial charge in [-0.05, 0) is 30.7 Å². The molecule has 1 aromatic heterocycles. The zero-order valence-corrected chi connectivity index (χ0v) is 12.5. The second-order valence-corrected chi connectivity index (χ2v) is 6.62. The highest BCUT2D eigenvalue weighted by Gasteiger charge is 2.30. The normalized spacial score (nSPS) is 19.9. The first kappa shape index (κ1) is 14.5. The second kappa shape index (κ2) is 6.53. The number of amides is 1. The first-order valence-electron chi connectivity index (χ1n) is 7.24. The summed E-state index contributed by atoms with van der Waals surface area (Å²) in [7, 11) is 0. The number of nitrogens with two attached hydrogens (primary N) is 1. The van der Waals surface area contributed by atoms with Crippen LogP contribution in [0.25, 0.3) is 0 Å². The molecule has 0 radical (unpaired) electrons. The maximum absolute atomic E-state index is 12.2. The zero-order chi connectivity index (χ0) is 13.7. The Bertz CT molecular complexity index is 396. The predicted octanol–water partition coefficient (Wildman–Crippen LogP) is 3.37. The number of carbonyl (C=O) groups is 1. The topological polar surface area (TPSA) is 55.1 Å². The van der Waals surface area contributed by atoms with Gasteiger partial charge in [0.25, 0.3) is 0 Å². The Kier molecular flexibility index (Phi) is 4.99. The average Bonchev–Trinajstić information content (AvgIpc) is 2.90. The van der Waals surface area contributed by atoms with E-state index in [1.807, 2.05) is 6.07 Å². The van der Waals surface area contributed by atoms with Crippen LogP contribution in [0.1, 0.15) is 62.8 Å². The van der Waals surface area contributed by atoms with Crippen molar-refractivity contribution >= 4 is 17.2 Å². The highest BCUT2D eigenvalue weighted by Crippen LogP contribution is 2.29. The van der Waals surface area contributed by atoms with Crippen molar-refractivity contribution < 1.29 is 4.79 Å². The van der Waals surface area contributed by atoms with E-state index in [-0.39, 0.29) is 17.5 Å². The van der Waals surface area contributed by atoms with Crippen LogP contribution in [0.4, 0.5) is 0 Å². The Hall–Kier alpha value is -0.870. The van der Waals surface area contributed by atoms with E-state index in [1.165, 1.54) is 11.3 Å². The fraction of sp³-hybridized carbons (Fsp3) is 0.667. The molecule has 0 aliphatic heterocycles. The third-order valence-electron chi connectivity index (χ3n) is 3.99. The fourth-order valence-corrected chi connectivity index (χ4v) is 3.72. The van der Waals surface area contributed by atoms with Gasteiger partial charge in [-0.25, -0.2) is 0 Å². The zero-order valence-electron chi connectivity index (χ0n) is 11.7. The number of carbonyl (C=O) groups excluding carboxylic acids is 1. The molecule has 106 valence electrons. The van der Waals surface area contributed by atoms with Gasteiger partial charge in [0.05, 0.1) is 6.04 Å². The maximum atomic E-state index is 12.2. The van der Waals surface area contributed by atoms with Gasteiger partial charge in [0.15, 0.2) is 0 Å². The van der Waals surface area contributed by atoms with E-state index >= 15 is 0 Å². The molecule has 3 N–H and O–H groups in total. The predicted molar refractivity (Wildman–Crippen MR) is 80.1 cm³/mol. The molecule has 1 heterocycles. The van der Waals surface area contributed by atoms with E-state index < -0.39 is 0 Å². The van der Waals surface area contributed by atoms with Gasteiger partial charge in [-0.3, -0.25) is 4.79 Å². The van der Waals surface area contributed by atoms with Gasteiger partial charge < -0.3 is 11.1 Å². The molecule has 4 heteroatoms.